The minimum atomic E-state index is -0.746. The number of carbonyl (C=O) groups excluding carboxylic acids is 2. The highest BCUT2D eigenvalue weighted by molar-refractivity contribution is 5.99. The summed E-state index contributed by atoms with van der Waals surface area (Å²) in [6.07, 6.45) is 2.67. The lowest BCUT2D eigenvalue weighted by atomic mass is 9.87. The standard InChI is InChI=1S/C15H28N2O2/c1-7-12(8-2)10(4)17-11(5)13(18)16-15(6,9-3)14(17)19/h10-12H,7-9H2,1-6H3,(H,16,18). The molecule has 0 aliphatic carbocycles. The maximum Gasteiger partial charge on any atom is 0.248 e. The van der Waals surface area contributed by atoms with Crippen LogP contribution >= 0.6 is 0 Å². The normalized spacial score (nSPS) is 29.6. The molecule has 1 saturated heterocycles. The van der Waals surface area contributed by atoms with Gasteiger partial charge in [0, 0.05) is 6.04 Å². The molecule has 1 aliphatic rings. The first kappa shape index (κ1) is 16.0. The van der Waals surface area contributed by atoms with E-state index in [9.17, 15) is 9.59 Å². The number of piperazine rings is 1. The third-order valence-electron chi connectivity index (χ3n) is 4.78. The second-order valence-corrected chi connectivity index (χ2v) is 5.88. The minimum absolute atomic E-state index is 0.0400. The molecule has 0 bridgehead atoms. The summed E-state index contributed by atoms with van der Waals surface area (Å²) in [4.78, 5) is 26.7. The van der Waals surface area contributed by atoms with Crippen molar-refractivity contribution in [2.45, 2.75) is 78.4 Å². The molecular formula is C15H28N2O2. The molecule has 1 rings (SSSR count). The van der Waals surface area contributed by atoms with Gasteiger partial charge in [-0.25, -0.2) is 0 Å². The van der Waals surface area contributed by atoms with Crippen LogP contribution in [-0.2, 0) is 9.59 Å². The van der Waals surface area contributed by atoms with Crippen molar-refractivity contribution in [3.05, 3.63) is 0 Å². The van der Waals surface area contributed by atoms with E-state index < -0.39 is 5.54 Å². The van der Waals surface area contributed by atoms with Gasteiger partial charge in [-0.2, -0.15) is 0 Å². The number of amides is 2. The van der Waals surface area contributed by atoms with Crippen LogP contribution in [-0.4, -0.2) is 34.3 Å². The molecule has 1 N–H and O–H groups in total. The third kappa shape index (κ3) is 2.77. The fourth-order valence-corrected chi connectivity index (χ4v) is 2.99. The zero-order chi connectivity index (χ0) is 14.8. The van der Waals surface area contributed by atoms with Crippen molar-refractivity contribution >= 4 is 11.8 Å². The van der Waals surface area contributed by atoms with E-state index in [1.54, 1.807) is 4.90 Å². The van der Waals surface area contributed by atoms with Gasteiger partial charge in [0.15, 0.2) is 0 Å². The molecular weight excluding hydrogens is 240 g/mol. The fraction of sp³-hybridized carbons (Fsp3) is 0.867. The van der Waals surface area contributed by atoms with E-state index in [-0.39, 0.29) is 23.9 Å². The van der Waals surface area contributed by atoms with Gasteiger partial charge < -0.3 is 10.2 Å². The Morgan fingerprint density at radius 2 is 1.79 bits per heavy atom. The van der Waals surface area contributed by atoms with Crippen LogP contribution in [0.3, 0.4) is 0 Å². The smallest absolute Gasteiger partial charge is 0.248 e. The number of hydrogen-bond acceptors (Lipinski definition) is 2. The SMILES string of the molecule is CCC(CC)C(C)N1C(=O)C(C)(CC)NC(=O)C1C. The Hall–Kier alpha value is -1.06. The molecule has 1 aliphatic heterocycles. The largest absolute Gasteiger partial charge is 0.340 e. The highest BCUT2D eigenvalue weighted by Gasteiger charge is 2.47. The number of rotatable bonds is 5. The van der Waals surface area contributed by atoms with Crippen LogP contribution in [0, 0.1) is 5.92 Å². The Morgan fingerprint density at radius 1 is 1.26 bits per heavy atom. The summed E-state index contributed by atoms with van der Waals surface area (Å²) in [5, 5.41) is 2.87. The predicted octanol–water partition coefficient (Wildman–Crippen LogP) is 2.33. The molecule has 19 heavy (non-hydrogen) atoms. The van der Waals surface area contributed by atoms with Crippen molar-refractivity contribution in [2.75, 3.05) is 0 Å². The molecule has 3 unspecified atom stereocenters. The lowest BCUT2D eigenvalue weighted by Gasteiger charge is -2.47. The summed E-state index contributed by atoms with van der Waals surface area (Å²) in [6.45, 7) is 11.9. The molecule has 3 atom stereocenters. The van der Waals surface area contributed by atoms with Gasteiger partial charge in [0.2, 0.25) is 11.8 Å². The van der Waals surface area contributed by atoms with Crippen molar-refractivity contribution < 1.29 is 9.59 Å². The van der Waals surface area contributed by atoms with Gasteiger partial charge >= 0.3 is 0 Å². The predicted molar refractivity (Wildman–Crippen MR) is 76.7 cm³/mol. The average Bonchev–Trinajstić information content (AvgIpc) is 2.38. The summed E-state index contributed by atoms with van der Waals surface area (Å²) >= 11 is 0. The maximum absolute atomic E-state index is 12.7. The van der Waals surface area contributed by atoms with Gasteiger partial charge in [0.25, 0.3) is 0 Å². The second-order valence-electron chi connectivity index (χ2n) is 5.88. The molecule has 0 spiro atoms. The first-order valence-electron chi connectivity index (χ1n) is 7.47. The molecule has 0 radical (unpaired) electrons. The summed E-state index contributed by atoms with van der Waals surface area (Å²) < 4.78 is 0. The minimum Gasteiger partial charge on any atom is -0.340 e. The highest BCUT2D eigenvalue weighted by Crippen LogP contribution is 2.28. The van der Waals surface area contributed by atoms with E-state index in [1.165, 1.54) is 0 Å². The summed E-state index contributed by atoms with van der Waals surface area (Å²) in [7, 11) is 0. The van der Waals surface area contributed by atoms with Crippen LogP contribution < -0.4 is 5.32 Å². The zero-order valence-electron chi connectivity index (χ0n) is 13.1. The quantitative estimate of drug-likeness (QED) is 0.832. The van der Waals surface area contributed by atoms with E-state index in [4.69, 9.17) is 0 Å². The lowest BCUT2D eigenvalue weighted by Crippen LogP contribution is -2.70. The maximum atomic E-state index is 12.7. The lowest BCUT2D eigenvalue weighted by molar-refractivity contribution is -0.157. The molecule has 0 aromatic heterocycles. The first-order chi connectivity index (χ1) is 8.82. The molecule has 110 valence electrons. The number of carbonyl (C=O) groups is 2. The van der Waals surface area contributed by atoms with Gasteiger partial charge in [-0.1, -0.05) is 33.6 Å². The van der Waals surface area contributed by atoms with E-state index in [1.807, 2.05) is 20.8 Å². The van der Waals surface area contributed by atoms with Gasteiger partial charge in [-0.15, -0.1) is 0 Å². The Labute approximate surface area is 116 Å². The molecule has 1 heterocycles. The van der Waals surface area contributed by atoms with Crippen molar-refractivity contribution in [2.24, 2.45) is 5.92 Å². The molecule has 4 heteroatoms. The number of hydrogen-bond donors (Lipinski definition) is 1. The molecule has 2 amide bonds. The molecule has 1 fully saturated rings. The number of nitrogens with one attached hydrogen (secondary N) is 1. The molecule has 0 saturated carbocycles. The van der Waals surface area contributed by atoms with Gasteiger partial charge in [-0.3, -0.25) is 9.59 Å². The van der Waals surface area contributed by atoms with E-state index in [0.717, 1.165) is 12.8 Å². The van der Waals surface area contributed by atoms with Crippen molar-refractivity contribution in [1.82, 2.24) is 10.2 Å². The van der Waals surface area contributed by atoms with Crippen LogP contribution in [0.25, 0.3) is 0 Å². The summed E-state index contributed by atoms with van der Waals surface area (Å²) in [5.74, 6) is 0.460. The molecule has 4 nitrogen and oxygen atoms in total. The summed E-state index contributed by atoms with van der Waals surface area (Å²) in [5.41, 5.74) is -0.746. The van der Waals surface area contributed by atoms with Crippen LogP contribution in [0.1, 0.15) is 60.8 Å². The Bertz CT molecular complexity index is 352. The van der Waals surface area contributed by atoms with Crippen molar-refractivity contribution in [3.63, 3.8) is 0 Å². The Balaban J connectivity index is 3.07. The van der Waals surface area contributed by atoms with E-state index >= 15 is 0 Å². The van der Waals surface area contributed by atoms with Gasteiger partial charge in [-0.05, 0) is 33.1 Å². The first-order valence-corrected chi connectivity index (χ1v) is 7.47. The van der Waals surface area contributed by atoms with Crippen LogP contribution in [0.5, 0.6) is 0 Å². The van der Waals surface area contributed by atoms with E-state index in [2.05, 4.69) is 26.1 Å². The molecule has 0 aromatic rings. The zero-order valence-corrected chi connectivity index (χ0v) is 13.1. The topological polar surface area (TPSA) is 49.4 Å². The fourth-order valence-electron chi connectivity index (χ4n) is 2.99. The Morgan fingerprint density at radius 3 is 2.21 bits per heavy atom. The third-order valence-corrected chi connectivity index (χ3v) is 4.78. The van der Waals surface area contributed by atoms with Crippen LogP contribution in [0.15, 0.2) is 0 Å². The highest BCUT2D eigenvalue weighted by atomic mass is 16.2. The number of nitrogens with zero attached hydrogens (tertiary/aromatic N) is 1. The van der Waals surface area contributed by atoms with Gasteiger partial charge in [0.05, 0.1) is 0 Å². The second kappa shape index (κ2) is 5.93. The van der Waals surface area contributed by atoms with Crippen LogP contribution in [0.4, 0.5) is 0 Å². The van der Waals surface area contributed by atoms with Gasteiger partial charge in [0.1, 0.15) is 11.6 Å². The monoisotopic (exact) mass is 268 g/mol. The Kier molecular flexibility index (Phi) is 4.99. The van der Waals surface area contributed by atoms with E-state index in [0.29, 0.717) is 12.3 Å². The summed E-state index contributed by atoms with van der Waals surface area (Å²) in [6, 6.07) is -0.267. The van der Waals surface area contributed by atoms with Crippen LogP contribution in [0.2, 0.25) is 0 Å². The average molecular weight is 268 g/mol. The van der Waals surface area contributed by atoms with Crippen molar-refractivity contribution in [1.29, 1.82) is 0 Å². The van der Waals surface area contributed by atoms with Crippen molar-refractivity contribution in [3.8, 4) is 0 Å². The molecule has 0 aromatic carbocycles.